The predicted molar refractivity (Wildman–Crippen MR) is 79.6 cm³/mol. The molecule has 21 heavy (non-hydrogen) atoms. The highest BCUT2D eigenvalue weighted by Crippen LogP contribution is 2.20. The Bertz CT molecular complexity index is 748. The fraction of sp³-hybridized carbons (Fsp3) is 0.188. The molecule has 0 fully saturated rings. The number of nitrogens with one attached hydrogen (secondary N) is 2. The van der Waals surface area contributed by atoms with Crippen molar-refractivity contribution in [1.29, 1.82) is 0 Å². The topological polar surface area (TPSA) is 40.7 Å². The third-order valence-corrected chi connectivity index (χ3v) is 3.33. The zero-order chi connectivity index (χ0) is 14.8. The monoisotopic (exact) mass is 287 g/mol. The first kappa shape index (κ1) is 13.5. The van der Waals surface area contributed by atoms with Gasteiger partial charge in [-0.05, 0) is 30.7 Å². The zero-order valence-electron chi connectivity index (χ0n) is 11.5. The van der Waals surface area contributed by atoms with Crippen LogP contribution in [0.5, 0.6) is 0 Å². The molecule has 0 saturated carbocycles. The first-order chi connectivity index (χ1) is 10.1. The Morgan fingerprint density at radius 3 is 2.62 bits per heavy atom. The number of hydrogen-bond acceptors (Lipinski definition) is 2. The van der Waals surface area contributed by atoms with Crippen LogP contribution in [-0.2, 0) is 6.54 Å². The van der Waals surface area contributed by atoms with Crippen molar-refractivity contribution in [3.05, 3.63) is 59.4 Å². The molecule has 0 radical (unpaired) electrons. The van der Waals surface area contributed by atoms with E-state index >= 15 is 0 Å². The minimum atomic E-state index is -2.42. The van der Waals surface area contributed by atoms with Crippen LogP contribution in [0.4, 0.5) is 14.5 Å². The van der Waals surface area contributed by atoms with E-state index in [1.165, 1.54) is 12.1 Å². The number of H-pyrrole nitrogens is 1. The minimum Gasteiger partial charge on any atom is -0.381 e. The molecule has 0 bridgehead atoms. The molecule has 3 rings (SSSR count). The van der Waals surface area contributed by atoms with Crippen molar-refractivity contribution in [2.24, 2.45) is 0 Å². The lowest BCUT2D eigenvalue weighted by Gasteiger charge is -2.07. The van der Waals surface area contributed by atoms with E-state index in [1.807, 2.05) is 25.1 Å². The maximum atomic E-state index is 12.5. The van der Waals surface area contributed by atoms with Crippen molar-refractivity contribution < 1.29 is 8.78 Å². The number of fused-ring (bicyclic) bond motifs is 1. The molecule has 0 amide bonds. The molecule has 0 aliphatic carbocycles. The van der Waals surface area contributed by atoms with Crippen LogP contribution >= 0.6 is 0 Å². The second-order valence-electron chi connectivity index (χ2n) is 4.95. The van der Waals surface area contributed by atoms with Crippen molar-refractivity contribution in [3.8, 4) is 0 Å². The molecule has 2 N–H and O–H groups in total. The number of anilines is 1. The van der Waals surface area contributed by atoms with Gasteiger partial charge in [0.2, 0.25) is 0 Å². The fourth-order valence-electron chi connectivity index (χ4n) is 2.23. The molecule has 0 atom stereocenters. The maximum Gasteiger partial charge on any atom is 0.263 e. The number of alkyl halides is 2. The molecule has 3 nitrogen and oxygen atoms in total. The van der Waals surface area contributed by atoms with Crippen LogP contribution in [0.25, 0.3) is 11.0 Å². The summed E-state index contributed by atoms with van der Waals surface area (Å²) in [5.41, 5.74) is 3.88. The van der Waals surface area contributed by atoms with E-state index in [-0.39, 0.29) is 5.56 Å². The lowest BCUT2D eigenvalue weighted by atomic mass is 10.1. The summed E-state index contributed by atoms with van der Waals surface area (Å²) in [6.07, 6.45) is -2.42. The molecule has 1 aromatic heterocycles. The first-order valence-corrected chi connectivity index (χ1v) is 6.69. The van der Waals surface area contributed by atoms with Gasteiger partial charge in [0, 0.05) is 17.8 Å². The van der Waals surface area contributed by atoms with Gasteiger partial charge in [-0.3, -0.25) is 0 Å². The van der Waals surface area contributed by atoms with E-state index in [0.717, 1.165) is 28.1 Å². The highest BCUT2D eigenvalue weighted by Gasteiger charge is 2.06. The van der Waals surface area contributed by atoms with Gasteiger partial charge in [0.05, 0.1) is 11.0 Å². The van der Waals surface area contributed by atoms with Crippen LogP contribution in [0.3, 0.4) is 0 Å². The Hall–Kier alpha value is -2.43. The van der Waals surface area contributed by atoms with Gasteiger partial charge in [-0.1, -0.05) is 24.3 Å². The quantitative estimate of drug-likeness (QED) is 0.745. The Morgan fingerprint density at radius 2 is 1.90 bits per heavy atom. The van der Waals surface area contributed by atoms with Gasteiger partial charge in [-0.25, -0.2) is 13.8 Å². The van der Waals surface area contributed by atoms with E-state index < -0.39 is 6.43 Å². The van der Waals surface area contributed by atoms with E-state index in [2.05, 4.69) is 15.3 Å². The second-order valence-corrected chi connectivity index (χ2v) is 4.95. The molecule has 0 aliphatic rings. The summed E-state index contributed by atoms with van der Waals surface area (Å²) in [4.78, 5) is 7.53. The normalized spacial score (nSPS) is 11.2. The van der Waals surface area contributed by atoms with E-state index in [0.29, 0.717) is 6.54 Å². The Kier molecular flexibility index (Phi) is 3.56. The third kappa shape index (κ3) is 3.02. The minimum absolute atomic E-state index is 0.0492. The predicted octanol–water partition coefficient (Wildman–Crippen LogP) is 4.42. The number of benzene rings is 2. The Labute approximate surface area is 121 Å². The van der Waals surface area contributed by atoms with E-state index in [9.17, 15) is 8.78 Å². The highest BCUT2D eigenvalue weighted by molar-refractivity contribution is 5.79. The molecule has 1 heterocycles. The average molecular weight is 287 g/mol. The van der Waals surface area contributed by atoms with Gasteiger partial charge in [0.1, 0.15) is 5.82 Å². The molecule has 0 aliphatic heterocycles. The molecule has 5 heteroatoms. The summed E-state index contributed by atoms with van der Waals surface area (Å²) in [5, 5.41) is 3.28. The number of hydrogen-bond donors (Lipinski definition) is 2. The van der Waals surface area contributed by atoms with Gasteiger partial charge in [0.15, 0.2) is 0 Å². The summed E-state index contributed by atoms with van der Waals surface area (Å²) in [6.45, 7) is 2.50. The number of imidazole rings is 1. The smallest absolute Gasteiger partial charge is 0.263 e. The lowest BCUT2D eigenvalue weighted by Crippen LogP contribution is -1.99. The molecule has 3 aromatic rings. The SMILES string of the molecule is Cc1nc2ccc(NCc3ccc(C(F)F)cc3)cc2[nH]1. The Balaban J connectivity index is 1.70. The van der Waals surface area contributed by atoms with Crippen molar-refractivity contribution in [1.82, 2.24) is 9.97 Å². The molecule has 0 spiro atoms. The summed E-state index contributed by atoms with van der Waals surface area (Å²) in [7, 11) is 0. The summed E-state index contributed by atoms with van der Waals surface area (Å²) in [6, 6.07) is 12.2. The van der Waals surface area contributed by atoms with E-state index in [4.69, 9.17) is 0 Å². The second kappa shape index (κ2) is 5.52. The third-order valence-electron chi connectivity index (χ3n) is 3.33. The largest absolute Gasteiger partial charge is 0.381 e. The summed E-state index contributed by atoms with van der Waals surface area (Å²) >= 11 is 0. The van der Waals surface area contributed by atoms with Crippen molar-refractivity contribution in [3.63, 3.8) is 0 Å². The molecule has 2 aromatic carbocycles. The number of halogens is 2. The highest BCUT2D eigenvalue weighted by atomic mass is 19.3. The van der Waals surface area contributed by atoms with Crippen molar-refractivity contribution >= 4 is 16.7 Å². The number of rotatable bonds is 4. The fourth-order valence-corrected chi connectivity index (χ4v) is 2.23. The van der Waals surface area contributed by atoms with Crippen LogP contribution in [0.15, 0.2) is 42.5 Å². The van der Waals surface area contributed by atoms with Gasteiger partial charge < -0.3 is 10.3 Å². The number of nitrogens with zero attached hydrogens (tertiary/aromatic N) is 1. The number of aromatic amines is 1. The van der Waals surface area contributed by atoms with Gasteiger partial charge >= 0.3 is 0 Å². The molecule has 0 saturated heterocycles. The maximum absolute atomic E-state index is 12.5. The van der Waals surface area contributed by atoms with Gasteiger partial charge in [0.25, 0.3) is 6.43 Å². The average Bonchev–Trinajstić information content (AvgIpc) is 2.84. The summed E-state index contributed by atoms with van der Waals surface area (Å²) < 4.78 is 24.9. The lowest BCUT2D eigenvalue weighted by molar-refractivity contribution is 0.151. The van der Waals surface area contributed by atoms with E-state index in [1.54, 1.807) is 12.1 Å². The standard InChI is InChI=1S/C16H15F2N3/c1-10-20-14-7-6-13(8-15(14)21-10)19-9-11-2-4-12(5-3-11)16(17)18/h2-8,16,19H,9H2,1H3,(H,20,21). The molecule has 108 valence electrons. The van der Waals surface area contributed by atoms with Crippen molar-refractivity contribution in [2.75, 3.05) is 5.32 Å². The number of aryl methyl sites for hydroxylation is 1. The van der Waals surface area contributed by atoms with Crippen LogP contribution in [0.1, 0.15) is 23.4 Å². The van der Waals surface area contributed by atoms with Crippen LogP contribution < -0.4 is 5.32 Å². The number of aromatic nitrogens is 2. The molecular weight excluding hydrogens is 272 g/mol. The van der Waals surface area contributed by atoms with Gasteiger partial charge in [-0.15, -0.1) is 0 Å². The van der Waals surface area contributed by atoms with Crippen LogP contribution in [0, 0.1) is 6.92 Å². The Morgan fingerprint density at radius 1 is 1.14 bits per heavy atom. The van der Waals surface area contributed by atoms with Gasteiger partial charge in [-0.2, -0.15) is 0 Å². The molecular formula is C16H15F2N3. The molecule has 0 unspecified atom stereocenters. The van der Waals surface area contributed by atoms with Crippen LogP contribution in [-0.4, -0.2) is 9.97 Å². The van der Waals surface area contributed by atoms with Crippen LogP contribution in [0.2, 0.25) is 0 Å². The first-order valence-electron chi connectivity index (χ1n) is 6.69. The summed E-state index contributed by atoms with van der Waals surface area (Å²) in [5.74, 6) is 0.879. The van der Waals surface area contributed by atoms with Crippen molar-refractivity contribution in [2.45, 2.75) is 19.9 Å². The zero-order valence-corrected chi connectivity index (χ0v) is 11.5.